The van der Waals surface area contributed by atoms with Crippen molar-refractivity contribution in [3.8, 4) is 23.1 Å². The molecule has 0 bridgehead atoms. The van der Waals surface area contributed by atoms with Crippen LogP contribution in [0.5, 0.6) is 5.75 Å². The van der Waals surface area contributed by atoms with Gasteiger partial charge in [-0.25, -0.2) is 0 Å². The number of benzene rings is 2. The SMILES string of the molecule is CCOc1ccc(-c2c(C#N)c3ccc(NSC)cc3n2CC)cc1. The van der Waals surface area contributed by atoms with Crippen molar-refractivity contribution in [2.45, 2.75) is 20.4 Å². The van der Waals surface area contributed by atoms with Crippen LogP contribution in [-0.2, 0) is 6.54 Å². The highest BCUT2D eigenvalue weighted by Crippen LogP contribution is 2.35. The highest BCUT2D eigenvalue weighted by atomic mass is 32.2. The Bertz CT molecular complexity index is 923. The van der Waals surface area contributed by atoms with E-state index < -0.39 is 0 Å². The molecule has 5 heteroatoms. The van der Waals surface area contributed by atoms with Crippen LogP contribution in [-0.4, -0.2) is 17.4 Å². The first kappa shape index (κ1) is 17.2. The third kappa shape index (κ3) is 3.18. The van der Waals surface area contributed by atoms with Crippen molar-refractivity contribution in [2.24, 2.45) is 0 Å². The molecule has 0 aliphatic rings. The van der Waals surface area contributed by atoms with E-state index in [0.717, 1.165) is 45.7 Å². The van der Waals surface area contributed by atoms with Crippen LogP contribution >= 0.6 is 11.9 Å². The fraction of sp³-hybridized carbons (Fsp3) is 0.250. The fourth-order valence-electron chi connectivity index (χ4n) is 3.15. The van der Waals surface area contributed by atoms with Gasteiger partial charge in [-0.2, -0.15) is 5.26 Å². The standard InChI is InChI=1S/C20H21N3OS/c1-4-23-19-12-15(22-25-3)8-11-17(19)18(13-21)20(23)14-6-9-16(10-7-14)24-5-2/h6-12,22H,4-5H2,1-3H3. The van der Waals surface area contributed by atoms with Gasteiger partial charge in [-0.05, 0) is 61.9 Å². The van der Waals surface area contributed by atoms with Crippen LogP contribution in [0.4, 0.5) is 5.69 Å². The molecule has 0 saturated carbocycles. The molecule has 1 aromatic heterocycles. The Balaban J connectivity index is 2.20. The lowest BCUT2D eigenvalue weighted by Gasteiger charge is -2.10. The first-order valence-corrected chi connectivity index (χ1v) is 9.54. The number of hydrogen-bond donors (Lipinski definition) is 1. The lowest BCUT2D eigenvalue weighted by molar-refractivity contribution is 0.340. The van der Waals surface area contributed by atoms with Crippen molar-refractivity contribution in [1.82, 2.24) is 4.57 Å². The maximum Gasteiger partial charge on any atom is 0.119 e. The van der Waals surface area contributed by atoms with Gasteiger partial charge in [0.1, 0.15) is 11.8 Å². The van der Waals surface area contributed by atoms with Gasteiger partial charge in [-0.3, -0.25) is 0 Å². The number of nitrogens with zero attached hydrogens (tertiary/aromatic N) is 2. The molecule has 0 aliphatic carbocycles. The van der Waals surface area contributed by atoms with E-state index in [0.29, 0.717) is 6.61 Å². The van der Waals surface area contributed by atoms with Crippen molar-refractivity contribution < 1.29 is 4.74 Å². The van der Waals surface area contributed by atoms with E-state index in [1.807, 2.05) is 49.6 Å². The van der Waals surface area contributed by atoms with Gasteiger partial charge in [-0.15, -0.1) is 0 Å². The molecular weight excluding hydrogens is 330 g/mol. The summed E-state index contributed by atoms with van der Waals surface area (Å²) in [5.74, 6) is 0.843. The average Bonchev–Trinajstić information content (AvgIpc) is 2.95. The second kappa shape index (κ2) is 7.54. The van der Waals surface area contributed by atoms with Crippen molar-refractivity contribution in [3.63, 3.8) is 0 Å². The van der Waals surface area contributed by atoms with Gasteiger partial charge in [0.25, 0.3) is 0 Å². The number of aromatic nitrogens is 1. The Morgan fingerprint density at radius 2 is 1.92 bits per heavy atom. The van der Waals surface area contributed by atoms with Crippen molar-refractivity contribution in [2.75, 3.05) is 17.6 Å². The lowest BCUT2D eigenvalue weighted by atomic mass is 10.1. The van der Waals surface area contributed by atoms with E-state index in [2.05, 4.69) is 28.3 Å². The molecule has 0 amide bonds. The van der Waals surface area contributed by atoms with Gasteiger partial charge >= 0.3 is 0 Å². The van der Waals surface area contributed by atoms with Gasteiger partial charge in [-0.1, -0.05) is 11.9 Å². The minimum absolute atomic E-state index is 0.642. The number of aryl methyl sites for hydroxylation is 1. The summed E-state index contributed by atoms with van der Waals surface area (Å²) in [6.45, 7) is 5.51. The summed E-state index contributed by atoms with van der Waals surface area (Å²) in [5.41, 5.74) is 4.82. The molecule has 0 fully saturated rings. The monoisotopic (exact) mass is 351 g/mol. The second-order valence-corrected chi connectivity index (χ2v) is 6.19. The predicted molar refractivity (Wildman–Crippen MR) is 106 cm³/mol. The van der Waals surface area contributed by atoms with Gasteiger partial charge in [0.15, 0.2) is 0 Å². The van der Waals surface area contributed by atoms with Crippen LogP contribution in [0.1, 0.15) is 19.4 Å². The topological polar surface area (TPSA) is 50.0 Å². The summed E-state index contributed by atoms with van der Waals surface area (Å²) in [7, 11) is 0. The summed E-state index contributed by atoms with van der Waals surface area (Å²) < 4.78 is 11.0. The van der Waals surface area contributed by atoms with Gasteiger partial charge in [0.05, 0.1) is 23.4 Å². The first-order chi connectivity index (χ1) is 12.2. The van der Waals surface area contributed by atoms with E-state index >= 15 is 0 Å². The Hall–Kier alpha value is -2.58. The van der Waals surface area contributed by atoms with Crippen LogP contribution in [0.3, 0.4) is 0 Å². The highest BCUT2D eigenvalue weighted by Gasteiger charge is 2.18. The molecule has 0 aliphatic heterocycles. The van der Waals surface area contributed by atoms with Crippen molar-refractivity contribution in [3.05, 3.63) is 48.0 Å². The molecule has 1 heterocycles. The van der Waals surface area contributed by atoms with E-state index in [1.165, 1.54) is 0 Å². The predicted octanol–water partition coefficient (Wildman–Crippen LogP) is 5.29. The molecule has 0 spiro atoms. The molecule has 4 nitrogen and oxygen atoms in total. The average molecular weight is 351 g/mol. The van der Waals surface area contributed by atoms with Crippen LogP contribution in [0.25, 0.3) is 22.2 Å². The number of ether oxygens (including phenoxy) is 1. The molecule has 0 atom stereocenters. The summed E-state index contributed by atoms with van der Waals surface area (Å²) in [6, 6.07) is 16.5. The Morgan fingerprint density at radius 3 is 2.52 bits per heavy atom. The van der Waals surface area contributed by atoms with Gasteiger partial charge < -0.3 is 14.0 Å². The molecular formula is C20H21N3OS. The molecule has 3 aromatic rings. The van der Waals surface area contributed by atoms with Crippen molar-refractivity contribution in [1.29, 1.82) is 5.26 Å². The minimum atomic E-state index is 0.642. The largest absolute Gasteiger partial charge is 0.494 e. The molecule has 2 aromatic carbocycles. The normalized spacial score (nSPS) is 10.6. The number of rotatable bonds is 6. The quantitative estimate of drug-likeness (QED) is 0.613. The van der Waals surface area contributed by atoms with E-state index in [1.54, 1.807) is 11.9 Å². The van der Waals surface area contributed by atoms with E-state index in [9.17, 15) is 5.26 Å². The second-order valence-electron chi connectivity index (χ2n) is 5.58. The van der Waals surface area contributed by atoms with Gasteiger partial charge in [0, 0.05) is 23.9 Å². The van der Waals surface area contributed by atoms with Gasteiger partial charge in [0.2, 0.25) is 0 Å². The smallest absolute Gasteiger partial charge is 0.119 e. The Morgan fingerprint density at radius 1 is 1.16 bits per heavy atom. The lowest BCUT2D eigenvalue weighted by Crippen LogP contribution is -1.98. The molecule has 3 rings (SSSR count). The Labute approximate surface area is 152 Å². The maximum absolute atomic E-state index is 9.79. The third-order valence-electron chi connectivity index (χ3n) is 4.15. The summed E-state index contributed by atoms with van der Waals surface area (Å²) in [6.07, 6.45) is 2.00. The molecule has 25 heavy (non-hydrogen) atoms. The zero-order valence-electron chi connectivity index (χ0n) is 14.7. The number of nitrogens with one attached hydrogen (secondary N) is 1. The number of fused-ring (bicyclic) bond motifs is 1. The van der Waals surface area contributed by atoms with E-state index in [-0.39, 0.29) is 0 Å². The number of anilines is 1. The number of nitriles is 1. The highest BCUT2D eigenvalue weighted by molar-refractivity contribution is 7.99. The summed E-state index contributed by atoms with van der Waals surface area (Å²) in [4.78, 5) is 0. The zero-order valence-corrected chi connectivity index (χ0v) is 15.5. The Kier molecular flexibility index (Phi) is 5.20. The molecule has 1 N–H and O–H groups in total. The zero-order chi connectivity index (χ0) is 17.8. The minimum Gasteiger partial charge on any atom is -0.494 e. The third-order valence-corrected chi connectivity index (χ3v) is 4.59. The molecule has 0 saturated heterocycles. The van der Waals surface area contributed by atoms with Crippen LogP contribution in [0.2, 0.25) is 0 Å². The summed E-state index contributed by atoms with van der Waals surface area (Å²) >= 11 is 1.56. The maximum atomic E-state index is 9.79. The fourth-order valence-corrected chi connectivity index (χ4v) is 3.51. The molecule has 0 radical (unpaired) electrons. The molecule has 0 unspecified atom stereocenters. The van der Waals surface area contributed by atoms with Crippen molar-refractivity contribution >= 4 is 28.5 Å². The van der Waals surface area contributed by atoms with E-state index in [4.69, 9.17) is 4.74 Å². The molecule has 128 valence electrons. The first-order valence-electron chi connectivity index (χ1n) is 8.32. The van der Waals surface area contributed by atoms with Crippen LogP contribution < -0.4 is 9.46 Å². The van der Waals surface area contributed by atoms with Crippen LogP contribution in [0.15, 0.2) is 42.5 Å². The summed E-state index contributed by atoms with van der Waals surface area (Å²) in [5, 5.41) is 10.8. The van der Waals surface area contributed by atoms with Crippen LogP contribution in [0, 0.1) is 11.3 Å². The number of hydrogen-bond acceptors (Lipinski definition) is 4.